The van der Waals surface area contributed by atoms with Crippen LogP contribution < -0.4 is 10.6 Å². The van der Waals surface area contributed by atoms with Crippen LogP contribution in [-0.2, 0) is 0 Å². The van der Waals surface area contributed by atoms with Gasteiger partial charge in [-0.3, -0.25) is 0 Å². The number of halogens is 1. The molecule has 1 atom stereocenters. The second-order valence-electron chi connectivity index (χ2n) is 4.98. The van der Waals surface area contributed by atoms with Crippen molar-refractivity contribution in [1.29, 1.82) is 0 Å². The van der Waals surface area contributed by atoms with Gasteiger partial charge in [-0.2, -0.15) is 0 Å². The minimum absolute atomic E-state index is 0.0351. The molecule has 0 fully saturated rings. The molecule has 0 aromatic heterocycles. The van der Waals surface area contributed by atoms with Crippen LogP contribution in [-0.4, -0.2) is 6.03 Å². The third kappa shape index (κ3) is 4.50. The number of amides is 2. The van der Waals surface area contributed by atoms with E-state index in [2.05, 4.69) is 10.6 Å². The first kappa shape index (κ1) is 15.4. The molecule has 2 rings (SSSR count). The van der Waals surface area contributed by atoms with E-state index in [0.717, 1.165) is 23.2 Å². The summed E-state index contributed by atoms with van der Waals surface area (Å²) in [7, 11) is 0. The predicted molar refractivity (Wildman–Crippen MR) is 87.8 cm³/mol. The molecule has 0 heterocycles. The van der Waals surface area contributed by atoms with Crippen molar-refractivity contribution in [3.8, 4) is 0 Å². The van der Waals surface area contributed by atoms with Crippen LogP contribution in [0.4, 0.5) is 10.5 Å². The van der Waals surface area contributed by atoms with Gasteiger partial charge in [-0.1, -0.05) is 42.8 Å². The van der Waals surface area contributed by atoms with Crippen molar-refractivity contribution in [2.24, 2.45) is 0 Å². The maximum Gasteiger partial charge on any atom is 0.319 e. The molecule has 2 N–H and O–H groups in total. The molecular formula is C17H19ClN2O. The normalized spacial score (nSPS) is 11.8. The minimum Gasteiger partial charge on any atom is -0.331 e. The lowest BCUT2D eigenvalue weighted by molar-refractivity contribution is 0.248. The second-order valence-corrected chi connectivity index (χ2v) is 5.42. The lowest BCUT2D eigenvalue weighted by Crippen LogP contribution is -2.32. The topological polar surface area (TPSA) is 41.1 Å². The van der Waals surface area contributed by atoms with Crippen molar-refractivity contribution in [1.82, 2.24) is 5.32 Å². The smallest absolute Gasteiger partial charge is 0.319 e. The van der Waals surface area contributed by atoms with Crippen LogP contribution >= 0.6 is 11.6 Å². The van der Waals surface area contributed by atoms with Gasteiger partial charge in [-0.05, 0) is 48.7 Å². The molecule has 0 saturated carbocycles. The number of carbonyl (C=O) groups is 1. The molecule has 4 heteroatoms. The van der Waals surface area contributed by atoms with E-state index >= 15 is 0 Å². The number of benzene rings is 2. The number of hydrogen-bond donors (Lipinski definition) is 2. The number of nitrogens with one attached hydrogen (secondary N) is 2. The molecule has 21 heavy (non-hydrogen) atoms. The highest BCUT2D eigenvalue weighted by molar-refractivity contribution is 6.30. The van der Waals surface area contributed by atoms with Gasteiger partial charge in [0.15, 0.2) is 0 Å². The average molecular weight is 303 g/mol. The lowest BCUT2D eigenvalue weighted by Gasteiger charge is -2.18. The molecule has 0 bridgehead atoms. The van der Waals surface area contributed by atoms with Gasteiger partial charge < -0.3 is 10.6 Å². The first-order valence-electron chi connectivity index (χ1n) is 6.98. The summed E-state index contributed by atoms with van der Waals surface area (Å²) in [6, 6.07) is 15.0. The fourth-order valence-corrected chi connectivity index (χ4v) is 2.29. The van der Waals surface area contributed by atoms with E-state index in [1.165, 1.54) is 0 Å². The number of anilines is 1. The van der Waals surface area contributed by atoms with E-state index in [1.807, 2.05) is 62.4 Å². The summed E-state index contributed by atoms with van der Waals surface area (Å²) < 4.78 is 0. The highest BCUT2D eigenvalue weighted by Crippen LogP contribution is 2.19. The van der Waals surface area contributed by atoms with E-state index in [4.69, 9.17) is 11.6 Å². The molecule has 0 aliphatic carbocycles. The standard InChI is InChI=1S/C17H19ClN2O/c1-3-16(13-7-9-14(18)10-8-13)20-17(21)19-15-6-4-5-12(2)11-15/h4-11,16H,3H2,1-2H3,(H2,19,20,21). The van der Waals surface area contributed by atoms with Crippen LogP contribution in [0.3, 0.4) is 0 Å². The molecule has 0 saturated heterocycles. The van der Waals surface area contributed by atoms with E-state index < -0.39 is 0 Å². The van der Waals surface area contributed by atoms with E-state index in [0.29, 0.717) is 5.02 Å². The molecule has 1 unspecified atom stereocenters. The van der Waals surface area contributed by atoms with Crippen LogP contribution in [0.15, 0.2) is 48.5 Å². The summed E-state index contributed by atoms with van der Waals surface area (Å²) in [5.41, 5.74) is 2.94. The molecule has 2 amide bonds. The van der Waals surface area contributed by atoms with Crippen molar-refractivity contribution < 1.29 is 4.79 Å². The van der Waals surface area contributed by atoms with Crippen molar-refractivity contribution in [3.05, 3.63) is 64.7 Å². The predicted octanol–water partition coefficient (Wildman–Crippen LogP) is 4.92. The van der Waals surface area contributed by atoms with Gasteiger partial charge in [0.1, 0.15) is 0 Å². The Labute approximate surface area is 130 Å². The zero-order valence-corrected chi connectivity index (χ0v) is 12.9. The number of urea groups is 1. The fourth-order valence-electron chi connectivity index (χ4n) is 2.16. The van der Waals surface area contributed by atoms with Crippen LogP contribution in [0.1, 0.15) is 30.5 Å². The fraction of sp³-hybridized carbons (Fsp3) is 0.235. The second kappa shape index (κ2) is 7.14. The third-order valence-corrected chi connectivity index (χ3v) is 3.51. The molecule has 2 aromatic carbocycles. The van der Waals surface area contributed by atoms with Gasteiger partial charge in [0.2, 0.25) is 0 Å². The highest BCUT2D eigenvalue weighted by atomic mass is 35.5. The van der Waals surface area contributed by atoms with Gasteiger partial charge >= 0.3 is 6.03 Å². The van der Waals surface area contributed by atoms with Crippen LogP contribution in [0, 0.1) is 6.92 Å². The Hall–Kier alpha value is -2.00. The van der Waals surface area contributed by atoms with Gasteiger partial charge in [0, 0.05) is 10.7 Å². The zero-order chi connectivity index (χ0) is 15.2. The number of rotatable bonds is 4. The Balaban J connectivity index is 2.01. The number of aryl methyl sites for hydroxylation is 1. The third-order valence-electron chi connectivity index (χ3n) is 3.26. The molecule has 2 aromatic rings. The first-order valence-corrected chi connectivity index (χ1v) is 7.36. The number of carbonyl (C=O) groups excluding carboxylic acids is 1. The Bertz CT molecular complexity index is 610. The van der Waals surface area contributed by atoms with Gasteiger partial charge in [-0.15, -0.1) is 0 Å². The Morgan fingerprint density at radius 3 is 2.52 bits per heavy atom. The summed E-state index contributed by atoms with van der Waals surface area (Å²) >= 11 is 5.89. The van der Waals surface area contributed by atoms with Gasteiger partial charge in [-0.25, -0.2) is 4.79 Å². The highest BCUT2D eigenvalue weighted by Gasteiger charge is 2.12. The zero-order valence-electron chi connectivity index (χ0n) is 12.2. The van der Waals surface area contributed by atoms with Crippen molar-refractivity contribution in [3.63, 3.8) is 0 Å². The average Bonchev–Trinajstić information content (AvgIpc) is 2.46. The van der Waals surface area contributed by atoms with Crippen LogP contribution in [0.5, 0.6) is 0 Å². The quantitative estimate of drug-likeness (QED) is 0.827. The van der Waals surface area contributed by atoms with Crippen molar-refractivity contribution in [2.45, 2.75) is 26.3 Å². The van der Waals surface area contributed by atoms with Crippen molar-refractivity contribution in [2.75, 3.05) is 5.32 Å². The van der Waals surface area contributed by atoms with E-state index in [1.54, 1.807) is 0 Å². The summed E-state index contributed by atoms with van der Waals surface area (Å²) in [6.07, 6.45) is 0.808. The Morgan fingerprint density at radius 2 is 1.90 bits per heavy atom. The summed E-state index contributed by atoms with van der Waals surface area (Å²) in [5.74, 6) is 0. The molecule has 110 valence electrons. The monoisotopic (exact) mass is 302 g/mol. The molecular weight excluding hydrogens is 284 g/mol. The summed E-state index contributed by atoms with van der Waals surface area (Å²) in [4.78, 5) is 12.1. The summed E-state index contributed by atoms with van der Waals surface area (Å²) in [6.45, 7) is 4.03. The largest absolute Gasteiger partial charge is 0.331 e. The van der Waals surface area contributed by atoms with Gasteiger partial charge in [0.05, 0.1) is 6.04 Å². The van der Waals surface area contributed by atoms with E-state index in [-0.39, 0.29) is 12.1 Å². The molecule has 0 aliphatic heterocycles. The SMILES string of the molecule is CCC(NC(=O)Nc1cccc(C)c1)c1ccc(Cl)cc1. The van der Waals surface area contributed by atoms with Crippen LogP contribution in [0.2, 0.25) is 5.02 Å². The Morgan fingerprint density at radius 1 is 1.19 bits per heavy atom. The molecule has 3 nitrogen and oxygen atoms in total. The Kier molecular flexibility index (Phi) is 5.23. The molecule has 0 spiro atoms. The summed E-state index contributed by atoms with van der Waals surface area (Å²) in [5, 5.41) is 6.52. The molecule has 0 aliphatic rings. The maximum absolute atomic E-state index is 12.1. The minimum atomic E-state index is -0.206. The van der Waals surface area contributed by atoms with Crippen molar-refractivity contribution >= 4 is 23.3 Å². The number of hydrogen-bond acceptors (Lipinski definition) is 1. The first-order chi connectivity index (χ1) is 10.1. The van der Waals surface area contributed by atoms with Crippen LogP contribution in [0.25, 0.3) is 0 Å². The van der Waals surface area contributed by atoms with Gasteiger partial charge in [0.25, 0.3) is 0 Å². The van der Waals surface area contributed by atoms with E-state index in [9.17, 15) is 4.79 Å². The maximum atomic E-state index is 12.1. The molecule has 0 radical (unpaired) electrons. The lowest BCUT2D eigenvalue weighted by atomic mass is 10.1.